The lowest BCUT2D eigenvalue weighted by atomic mass is 9.87. The highest BCUT2D eigenvalue weighted by atomic mass is 19.1. The van der Waals surface area contributed by atoms with Crippen LogP contribution in [0.3, 0.4) is 0 Å². The summed E-state index contributed by atoms with van der Waals surface area (Å²) in [5.41, 5.74) is -0.530. The van der Waals surface area contributed by atoms with Crippen molar-refractivity contribution < 1.29 is 18.7 Å². The number of halogens is 2. The molecule has 1 heterocycles. The van der Waals surface area contributed by atoms with E-state index in [0.717, 1.165) is 5.56 Å². The molecule has 0 saturated carbocycles. The van der Waals surface area contributed by atoms with E-state index in [1.807, 2.05) is 6.07 Å². The van der Waals surface area contributed by atoms with Gasteiger partial charge in [-0.25, -0.2) is 8.78 Å². The van der Waals surface area contributed by atoms with Crippen molar-refractivity contribution in [1.29, 1.82) is 0 Å². The van der Waals surface area contributed by atoms with Crippen LogP contribution in [0.15, 0.2) is 48.5 Å². The number of hydrogen-bond donors (Lipinski definition) is 1. The van der Waals surface area contributed by atoms with Crippen LogP contribution in [-0.4, -0.2) is 41.3 Å². The van der Waals surface area contributed by atoms with Crippen LogP contribution in [0, 0.1) is 12.7 Å². The van der Waals surface area contributed by atoms with E-state index in [1.165, 1.54) is 23.1 Å². The molecular weight excluding hydrogens is 312 g/mol. The van der Waals surface area contributed by atoms with Crippen molar-refractivity contribution in [1.82, 2.24) is 4.90 Å². The van der Waals surface area contributed by atoms with Crippen LogP contribution in [0.1, 0.15) is 27.4 Å². The standard InChI is InChI=1S/C19H19F2NO2/c1-13-7-8-15(9-17(13)20)18(24)22-10-16(19(21,11-22)12-23)14-5-3-2-4-6-14/h2-9,16,23H,10-12H2,1H3/t16-,19+/m0/s1. The molecule has 0 aromatic heterocycles. The topological polar surface area (TPSA) is 40.5 Å². The van der Waals surface area contributed by atoms with Gasteiger partial charge in [0.15, 0.2) is 5.67 Å². The van der Waals surface area contributed by atoms with Crippen molar-refractivity contribution in [3.05, 3.63) is 71.0 Å². The van der Waals surface area contributed by atoms with E-state index in [2.05, 4.69) is 0 Å². The van der Waals surface area contributed by atoms with E-state index in [1.54, 1.807) is 31.2 Å². The monoisotopic (exact) mass is 331 g/mol. The maximum Gasteiger partial charge on any atom is 0.254 e. The van der Waals surface area contributed by atoms with E-state index >= 15 is 4.39 Å². The zero-order valence-corrected chi connectivity index (χ0v) is 13.4. The van der Waals surface area contributed by atoms with Crippen LogP contribution in [-0.2, 0) is 0 Å². The average Bonchev–Trinajstić information content (AvgIpc) is 2.96. The first kappa shape index (κ1) is 16.6. The second kappa shape index (κ2) is 6.32. The molecule has 1 N–H and O–H groups in total. The Morgan fingerprint density at radius 1 is 1.29 bits per heavy atom. The molecule has 0 unspecified atom stereocenters. The highest BCUT2D eigenvalue weighted by Gasteiger charge is 2.49. The van der Waals surface area contributed by atoms with Gasteiger partial charge in [-0.1, -0.05) is 36.4 Å². The van der Waals surface area contributed by atoms with Gasteiger partial charge in [0.2, 0.25) is 0 Å². The van der Waals surface area contributed by atoms with E-state index < -0.39 is 29.9 Å². The Hall–Kier alpha value is -2.27. The van der Waals surface area contributed by atoms with Crippen molar-refractivity contribution in [2.75, 3.05) is 19.7 Å². The number of rotatable bonds is 3. The lowest BCUT2D eigenvalue weighted by Crippen LogP contribution is -2.37. The number of hydrogen-bond acceptors (Lipinski definition) is 2. The van der Waals surface area contributed by atoms with E-state index in [-0.39, 0.29) is 18.7 Å². The summed E-state index contributed by atoms with van der Waals surface area (Å²) < 4.78 is 28.8. The molecular formula is C19H19F2NO2. The van der Waals surface area contributed by atoms with Gasteiger partial charge in [-0.3, -0.25) is 4.79 Å². The second-order valence-electron chi connectivity index (χ2n) is 6.31. The number of carbonyl (C=O) groups is 1. The predicted octanol–water partition coefficient (Wildman–Crippen LogP) is 3.07. The Morgan fingerprint density at radius 2 is 2.00 bits per heavy atom. The van der Waals surface area contributed by atoms with Crippen LogP contribution < -0.4 is 0 Å². The molecule has 126 valence electrons. The van der Waals surface area contributed by atoms with Gasteiger partial charge in [0.1, 0.15) is 5.82 Å². The van der Waals surface area contributed by atoms with Crippen LogP contribution >= 0.6 is 0 Å². The van der Waals surface area contributed by atoms with Gasteiger partial charge < -0.3 is 10.0 Å². The number of carbonyl (C=O) groups excluding carboxylic acids is 1. The normalized spacial score (nSPS) is 23.5. The van der Waals surface area contributed by atoms with E-state index in [4.69, 9.17) is 0 Å². The second-order valence-corrected chi connectivity index (χ2v) is 6.31. The average molecular weight is 331 g/mol. The summed E-state index contributed by atoms with van der Waals surface area (Å²) >= 11 is 0. The van der Waals surface area contributed by atoms with Gasteiger partial charge >= 0.3 is 0 Å². The summed E-state index contributed by atoms with van der Waals surface area (Å²) in [7, 11) is 0. The number of alkyl halides is 1. The largest absolute Gasteiger partial charge is 0.393 e. The Morgan fingerprint density at radius 3 is 2.62 bits per heavy atom. The quantitative estimate of drug-likeness (QED) is 0.939. The minimum Gasteiger partial charge on any atom is -0.393 e. The Labute approximate surface area is 139 Å². The Kier molecular flexibility index (Phi) is 4.37. The molecule has 24 heavy (non-hydrogen) atoms. The molecule has 0 spiro atoms. The first-order valence-electron chi connectivity index (χ1n) is 7.85. The van der Waals surface area contributed by atoms with Gasteiger partial charge in [-0.05, 0) is 30.2 Å². The lowest BCUT2D eigenvalue weighted by molar-refractivity contribution is 0.0575. The van der Waals surface area contributed by atoms with Crippen LogP contribution in [0.4, 0.5) is 8.78 Å². The molecule has 2 aromatic carbocycles. The Balaban J connectivity index is 1.88. The number of aliphatic hydroxyl groups excluding tert-OH is 1. The summed E-state index contributed by atoms with van der Waals surface area (Å²) in [6, 6.07) is 13.2. The molecule has 1 amide bonds. The predicted molar refractivity (Wildman–Crippen MR) is 87.1 cm³/mol. The minimum atomic E-state index is -1.90. The maximum atomic E-state index is 15.1. The number of aryl methyl sites for hydroxylation is 1. The van der Waals surface area contributed by atoms with Crippen LogP contribution in [0.2, 0.25) is 0 Å². The third-order valence-electron chi connectivity index (χ3n) is 4.65. The molecule has 0 aliphatic carbocycles. The molecule has 1 aliphatic heterocycles. The first-order valence-corrected chi connectivity index (χ1v) is 7.85. The maximum absolute atomic E-state index is 15.1. The molecule has 1 saturated heterocycles. The van der Waals surface area contributed by atoms with E-state index in [9.17, 15) is 14.3 Å². The summed E-state index contributed by atoms with van der Waals surface area (Å²) in [4.78, 5) is 13.9. The van der Waals surface area contributed by atoms with Gasteiger partial charge in [0, 0.05) is 18.0 Å². The highest BCUT2D eigenvalue weighted by molar-refractivity contribution is 5.94. The highest BCUT2D eigenvalue weighted by Crippen LogP contribution is 2.39. The summed E-state index contributed by atoms with van der Waals surface area (Å²) in [5.74, 6) is -1.50. The zero-order valence-electron chi connectivity index (χ0n) is 13.4. The number of aliphatic hydroxyl groups is 1. The zero-order chi connectivity index (χ0) is 17.3. The van der Waals surface area contributed by atoms with Crippen molar-refractivity contribution in [3.8, 4) is 0 Å². The Bertz CT molecular complexity index is 750. The number of nitrogens with zero attached hydrogens (tertiary/aromatic N) is 1. The molecule has 1 aliphatic rings. The molecule has 2 aromatic rings. The fraction of sp³-hybridized carbons (Fsp3) is 0.316. The summed E-state index contributed by atoms with van der Waals surface area (Å²) in [6.45, 7) is 0.884. The summed E-state index contributed by atoms with van der Waals surface area (Å²) in [6.07, 6.45) is 0. The smallest absolute Gasteiger partial charge is 0.254 e. The van der Waals surface area contributed by atoms with Crippen molar-refractivity contribution in [3.63, 3.8) is 0 Å². The third kappa shape index (κ3) is 2.91. The molecule has 3 rings (SSSR count). The van der Waals surface area contributed by atoms with Gasteiger partial charge in [-0.15, -0.1) is 0 Å². The fourth-order valence-electron chi connectivity index (χ4n) is 3.19. The van der Waals surface area contributed by atoms with Crippen LogP contribution in [0.5, 0.6) is 0 Å². The number of benzene rings is 2. The van der Waals surface area contributed by atoms with Gasteiger partial charge in [0.05, 0.1) is 13.2 Å². The van der Waals surface area contributed by atoms with Crippen LogP contribution in [0.25, 0.3) is 0 Å². The molecule has 2 atom stereocenters. The SMILES string of the molecule is Cc1ccc(C(=O)N2C[C@@H](c3ccccc3)[C@](F)(CO)C2)cc1F. The lowest BCUT2D eigenvalue weighted by Gasteiger charge is -2.23. The van der Waals surface area contributed by atoms with Gasteiger partial charge in [-0.2, -0.15) is 0 Å². The fourth-order valence-corrected chi connectivity index (χ4v) is 3.19. The molecule has 5 heteroatoms. The molecule has 1 fully saturated rings. The van der Waals surface area contributed by atoms with Crippen molar-refractivity contribution in [2.24, 2.45) is 0 Å². The van der Waals surface area contributed by atoms with Crippen molar-refractivity contribution in [2.45, 2.75) is 18.5 Å². The number of amides is 1. The minimum absolute atomic E-state index is 0.148. The molecule has 0 radical (unpaired) electrons. The molecule has 0 bridgehead atoms. The number of likely N-dealkylation sites (tertiary alicyclic amines) is 1. The van der Waals surface area contributed by atoms with Gasteiger partial charge in [0.25, 0.3) is 5.91 Å². The third-order valence-corrected chi connectivity index (χ3v) is 4.65. The van der Waals surface area contributed by atoms with Crippen molar-refractivity contribution >= 4 is 5.91 Å². The first-order chi connectivity index (χ1) is 11.4. The van der Waals surface area contributed by atoms with E-state index in [0.29, 0.717) is 5.56 Å². The molecule has 3 nitrogen and oxygen atoms in total. The summed E-state index contributed by atoms with van der Waals surface area (Å²) in [5, 5.41) is 9.53.